The van der Waals surface area contributed by atoms with Gasteiger partial charge >= 0.3 is 0 Å². The van der Waals surface area contributed by atoms with Crippen molar-refractivity contribution in [2.24, 2.45) is 7.05 Å². The zero-order valence-corrected chi connectivity index (χ0v) is 30.9. The van der Waals surface area contributed by atoms with E-state index in [1.54, 1.807) is 7.11 Å². The molecule has 4 heterocycles. The summed E-state index contributed by atoms with van der Waals surface area (Å²) in [5.41, 5.74) is 12.1. The normalized spacial score (nSPS) is 11.6. The van der Waals surface area contributed by atoms with Crippen LogP contribution in [-0.2, 0) is 28.1 Å². The minimum absolute atomic E-state index is 0. The molecule has 0 radical (unpaired) electrons. The first-order valence-corrected chi connectivity index (χ1v) is 17.0. The third-order valence-electron chi connectivity index (χ3n) is 9.92. The summed E-state index contributed by atoms with van der Waals surface area (Å²) in [6.07, 6.45) is 3.51. The Hall–Kier alpha value is -5.97. The van der Waals surface area contributed by atoms with Crippen LogP contribution < -0.4 is 9.30 Å². The summed E-state index contributed by atoms with van der Waals surface area (Å²) in [7, 11) is 3.73. The van der Waals surface area contributed by atoms with E-state index in [2.05, 4.69) is 148 Å². The second-order valence-electron chi connectivity index (χ2n) is 13.0. The van der Waals surface area contributed by atoms with Gasteiger partial charge in [-0.05, 0) is 29.8 Å². The largest absolute Gasteiger partial charge is 0.497 e. The molecule has 0 saturated carbocycles. The number of pyridine rings is 1. The number of benzene rings is 6. The predicted octanol–water partition coefficient (Wildman–Crippen LogP) is 9.43. The van der Waals surface area contributed by atoms with Gasteiger partial charge in [0.25, 0.3) is 0 Å². The maximum absolute atomic E-state index is 5.65. The van der Waals surface area contributed by atoms with E-state index in [0.29, 0.717) is 0 Å². The van der Waals surface area contributed by atoms with Gasteiger partial charge in [0.05, 0.1) is 36.2 Å². The summed E-state index contributed by atoms with van der Waals surface area (Å²) in [4.78, 5) is 5.65. The van der Waals surface area contributed by atoms with Gasteiger partial charge in [-0.3, -0.25) is 0 Å². The molecule has 0 aliphatic carbocycles. The predicted molar refractivity (Wildman–Crippen MR) is 204 cm³/mol. The second kappa shape index (κ2) is 12.4. The van der Waals surface area contributed by atoms with Gasteiger partial charge in [-0.1, -0.05) is 96.8 Å². The first-order valence-electron chi connectivity index (χ1n) is 17.0. The van der Waals surface area contributed by atoms with Crippen LogP contribution >= 0.6 is 0 Å². The molecule has 0 atom stereocenters. The molecule has 0 amide bonds. The maximum Gasteiger partial charge on any atom is 0.242 e. The number of aryl methyl sites for hydroxylation is 2. The SMILES string of the molecule is COc1ccc(-c2c3c4ccccc4n(-c4[c-]cccc4)c3nc3c2c2ccccc2n3-c2[c-]c(-n3[c-][n+](C)c4ccccc43)cc(C)c2)cc1.[Pt]. The molecule has 0 bridgehead atoms. The monoisotopic (exact) mass is 852 g/mol. The van der Waals surface area contributed by atoms with Crippen LogP contribution in [0.4, 0.5) is 0 Å². The molecule has 254 valence electrons. The number of aromatic nitrogens is 5. The molecule has 52 heavy (non-hydrogen) atoms. The van der Waals surface area contributed by atoms with Crippen molar-refractivity contribution in [3.8, 4) is 33.9 Å². The van der Waals surface area contributed by atoms with Gasteiger partial charge in [0.15, 0.2) is 0 Å². The molecule has 4 aromatic heterocycles. The Kier molecular flexibility index (Phi) is 7.60. The van der Waals surface area contributed by atoms with Crippen LogP contribution in [0, 0.1) is 25.4 Å². The van der Waals surface area contributed by atoms with Crippen molar-refractivity contribution >= 4 is 54.9 Å². The first-order chi connectivity index (χ1) is 25.1. The van der Waals surface area contributed by atoms with Gasteiger partial charge in [-0.25, -0.2) is 4.98 Å². The summed E-state index contributed by atoms with van der Waals surface area (Å²) < 4.78 is 14.2. The standard InChI is InChI=1S/C45H31N5O.Pt/c1-29-25-32(48-28-47(2)39-19-11-12-20-40(39)48)27-33(26-29)50-38-18-10-8-16-36(38)43-41(30-21-23-34(51-3)24-22-30)42-35-15-7-9-17-37(35)49(44(42)46-45(43)50)31-13-5-4-6-14-31;/h4-13,15-26H,1-3H3;/q-2;. The van der Waals surface area contributed by atoms with Gasteiger partial charge in [-0.15, -0.1) is 12.1 Å². The number of ether oxygens (including phenoxy) is 1. The molecule has 6 aromatic carbocycles. The van der Waals surface area contributed by atoms with E-state index < -0.39 is 0 Å². The van der Waals surface area contributed by atoms with E-state index in [-0.39, 0.29) is 21.1 Å². The van der Waals surface area contributed by atoms with Crippen LogP contribution in [0.25, 0.3) is 83.1 Å². The fraction of sp³-hybridized carbons (Fsp3) is 0.0667. The molecule has 10 rings (SSSR count). The van der Waals surface area contributed by atoms with Crippen molar-refractivity contribution in [2.75, 3.05) is 7.11 Å². The van der Waals surface area contributed by atoms with E-state index in [4.69, 9.17) is 9.72 Å². The van der Waals surface area contributed by atoms with Crippen molar-refractivity contribution in [1.29, 1.82) is 0 Å². The van der Waals surface area contributed by atoms with E-state index in [0.717, 1.165) is 94.4 Å². The molecular formula is C45H31N5OPt-2. The van der Waals surface area contributed by atoms with Gasteiger partial charge in [0.1, 0.15) is 17.0 Å². The Bertz CT molecular complexity index is 2970. The fourth-order valence-electron chi connectivity index (χ4n) is 7.74. The third-order valence-corrected chi connectivity index (χ3v) is 9.92. The zero-order valence-electron chi connectivity index (χ0n) is 28.7. The number of rotatable bonds is 5. The van der Waals surface area contributed by atoms with Crippen LogP contribution in [0.5, 0.6) is 5.75 Å². The van der Waals surface area contributed by atoms with Crippen LogP contribution in [0.3, 0.4) is 0 Å². The van der Waals surface area contributed by atoms with Crippen LogP contribution in [0.2, 0.25) is 0 Å². The number of para-hydroxylation sites is 5. The van der Waals surface area contributed by atoms with Gasteiger partial charge in [0.2, 0.25) is 6.33 Å². The molecule has 0 N–H and O–H groups in total. The van der Waals surface area contributed by atoms with E-state index in [1.165, 1.54) is 0 Å². The van der Waals surface area contributed by atoms with E-state index >= 15 is 0 Å². The molecule has 0 saturated heterocycles. The van der Waals surface area contributed by atoms with Gasteiger partial charge in [-0.2, -0.15) is 42.0 Å². The Morgan fingerprint density at radius 3 is 1.90 bits per heavy atom. The second-order valence-corrected chi connectivity index (χ2v) is 13.0. The minimum atomic E-state index is 0. The summed E-state index contributed by atoms with van der Waals surface area (Å²) in [6.45, 7) is 2.14. The van der Waals surface area contributed by atoms with Crippen molar-refractivity contribution in [2.45, 2.75) is 6.92 Å². The summed E-state index contributed by atoms with van der Waals surface area (Å²) in [5, 5.41) is 4.44. The quantitative estimate of drug-likeness (QED) is 0.128. The Labute approximate surface area is 315 Å². The van der Waals surface area contributed by atoms with Gasteiger partial charge < -0.3 is 23.0 Å². The summed E-state index contributed by atoms with van der Waals surface area (Å²) in [5.74, 6) is 0.814. The van der Waals surface area contributed by atoms with Crippen molar-refractivity contribution in [3.63, 3.8) is 0 Å². The molecule has 0 aliphatic heterocycles. The smallest absolute Gasteiger partial charge is 0.242 e. The number of fused-ring (bicyclic) bond motifs is 7. The third kappa shape index (κ3) is 4.75. The van der Waals surface area contributed by atoms with Crippen molar-refractivity contribution < 1.29 is 30.4 Å². The van der Waals surface area contributed by atoms with Crippen molar-refractivity contribution in [1.82, 2.24) is 18.7 Å². The van der Waals surface area contributed by atoms with Crippen LogP contribution in [0.1, 0.15) is 5.56 Å². The molecule has 0 spiro atoms. The Morgan fingerprint density at radius 1 is 0.654 bits per heavy atom. The maximum atomic E-state index is 5.65. The van der Waals surface area contributed by atoms with E-state index in [9.17, 15) is 0 Å². The first kappa shape index (κ1) is 32.0. The number of hydrogen-bond acceptors (Lipinski definition) is 2. The molecule has 0 unspecified atom stereocenters. The van der Waals surface area contributed by atoms with Crippen LogP contribution in [0.15, 0.2) is 133 Å². The van der Waals surface area contributed by atoms with Crippen LogP contribution in [-0.4, -0.2) is 25.8 Å². The topological polar surface area (TPSA) is 40.8 Å². The minimum Gasteiger partial charge on any atom is -0.497 e. The Balaban J connectivity index is 0.00000360. The number of nitrogens with zero attached hydrogens (tertiary/aromatic N) is 5. The number of methoxy groups -OCH3 is 1. The average Bonchev–Trinajstić information content (AvgIpc) is 3.81. The summed E-state index contributed by atoms with van der Waals surface area (Å²) >= 11 is 0. The molecule has 7 heteroatoms. The molecule has 0 fully saturated rings. The molecule has 6 nitrogen and oxygen atoms in total. The Morgan fingerprint density at radius 2 is 1.25 bits per heavy atom. The number of imidazole rings is 1. The van der Waals surface area contributed by atoms with Crippen molar-refractivity contribution in [3.05, 3.63) is 157 Å². The molecule has 10 aromatic rings. The van der Waals surface area contributed by atoms with E-state index in [1.807, 2.05) is 35.9 Å². The molecule has 0 aliphatic rings. The fourth-order valence-corrected chi connectivity index (χ4v) is 7.74. The van der Waals surface area contributed by atoms with Gasteiger partial charge in [0, 0.05) is 48.2 Å². The summed E-state index contributed by atoms with van der Waals surface area (Å²) in [6, 6.07) is 53.7. The average molecular weight is 853 g/mol. The zero-order chi connectivity index (χ0) is 34.2. The molecular weight excluding hydrogens is 822 g/mol. The number of hydrogen-bond donors (Lipinski definition) is 0.